The maximum Gasteiger partial charge on any atom is 0.413 e. The van der Waals surface area contributed by atoms with Crippen molar-refractivity contribution in [3.8, 4) is 0 Å². The fourth-order valence-corrected chi connectivity index (χ4v) is 2.79. The molecule has 0 radical (unpaired) electrons. The number of ether oxygens (including phenoxy) is 2. The van der Waals surface area contributed by atoms with Gasteiger partial charge in [-0.15, -0.1) is 0 Å². The molecule has 0 saturated heterocycles. The van der Waals surface area contributed by atoms with Gasteiger partial charge in [0.1, 0.15) is 11.4 Å². The lowest BCUT2D eigenvalue weighted by atomic mass is 9.89. The summed E-state index contributed by atoms with van der Waals surface area (Å²) in [5.41, 5.74) is 0.122. The van der Waals surface area contributed by atoms with Crippen LogP contribution < -0.4 is 5.32 Å². The minimum Gasteiger partial charge on any atom is -0.466 e. The molecule has 0 spiro atoms. The fourth-order valence-electron chi connectivity index (χ4n) is 2.79. The topological polar surface area (TPSA) is 77.0 Å². The SMILES string of the molecule is CCOC(=O)C1CC1C1=CC(C)(C)C=C(NC(=O)OC(C)(C)C)N=C1. The zero-order valence-electron chi connectivity index (χ0n) is 15.9. The van der Waals surface area contributed by atoms with Crippen LogP contribution in [-0.4, -0.2) is 30.5 Å². The average Bonchev–Trinajstić information content (AvgIpc) is 3.21. The first-order valence-corrected chi connectivity index (χ1v) is 8.67. The van der Waals surface area contributed by atoms with Gasteiger partial charge in [0.25, 0.3) is 0 Å². The van der Waals surface area contributed by atoms with E-state index >= 15 is 0 Å². The summed E-state index contributed by atoms with van der Waals surface area (Å²) in [5, 5.41) is 2.68. The molecule has 0 aromatic carbocycles. The quantitative estimate of drug-likeness (QED) is 0.788. The zero-order chi connectivity index (χ0) is 18.8. The van der Waals surface area contributed by atoms with Gasteiger partial charge in [0.15, 0.2) is 0 Å². The molecule has 0 aromatic rings. The van der Waals surface area contributed by atoms with Crippen LogP contribution in [0.4, 0.5) is 4.79 Å². The normalized spacial score (nSPS) is 24.6. The Morgan fingerprint density at radius 3 is 2.60 bits per heavy atom. The molecular formula is C19H28N2O4. The summed E-state index contributed by atoms with van der Waals surface area (Å²) in [6.07, 6.45) is 5.93. The number of amides is 1. The van der Waals surface area contributed by atoms with E-state index in [9.17, 15) is 9.59 Å². The van der Waals surface area contributed by atoms with Crippen molar-refractivity contribution in [2.45, 2.75) is 53.6 Å². The highest BCUT2D eigenvalue weighted by atomic mass is 16.6. The van der Waals surface area contributed by atoms with E-state index in [1.54, 1.807) is 6.21 Å². The van der Waals surface area contributed by atoms with Crippen LogP contribution in [-0.2, 0) is 14.3 Å². The summed E-state index contributed by atoms with van der Waals surface area (Å²) >= 11 is 0. The number of rotatable bonds is 4. The number of carbonyl (C=O) groups is 2. The van der Waals surface area contributed by atoms with Crippen molar-refractivity contribution in [1.29, 1.82) is 0 Å². The van der Waals surface area contributed by atoms with E-state index in [0.29, 0.717) is 12.4 Å². The molecule has 138 valence electrons. The minimum atomic E-state index is -0.571. The van der Waals surface area contributed by atoms with Gasteiger partial charge in [-0.2, -0.15) is 0 Å². The highest BCUT2D eigenvalue weighted by Gasteiger charge is 2.46. The third kappa shape index (κ3) is 5.73. The first-order valence-electron chi connectivity index (χ1n) is 8.67. The molecule has 2 unspecified atom stereocenters. The van der Waals surface area contributed by atoms with E-state index in [1.165, 1.54) is 0 Å². The van der Waals surface area contributed by atoms with E-state index in [1.807, 2.05) is 47.6 Å². The third-order valence-corrected chi connectivity index (χ3v) is 3.84. The smallest absolute Gasteiger partial charge is 0.413 e. The molecule has 25 heavy (non-hydrogen) atoms. The van der Waals surface area contributed by atoms with Crippen molar-refractivity contribution in [3.05, 3.63) is 23.5 Å². The standard InChI is InChI=1S/C19H28N2O4/c1-7-24-16(22)14-8-13(14)12-9-19(5,6)10-15(20-11-12)21-17(23)25-18(2,3)4/h9-11,13-14H,7-8H2,1-6H3,(H,21,23). The zero-order valence-corrected chi connectivity index (χ0v) is 15.9. The van der Waals surface area contributed by atoms with Gasteiger partial charge >= 0.3 is 12.1 Å². The Bertz CT molecular complexity index is 638. The van der Waals surface area contributed by atoms with Crippen molar-refractivity contribution in [2.24, 2.45) is 22.2 Å². The summed E-state index contributed by atoms with van der Waals surface area (Å²) in [7, 11) is 0. The summed E-state index contributed by atoms with van der Waals surface area (Å²) in [6, 6.07) is 0. The monoisotopic (exact) mass is 348 g/mol. The lowest BCUT2D eigenvalue weighted by Crippen LogP contribution is -2.32. The van der Waals surface area contributed by atoms with Crippen molar-refractivity contribution < 1.29 is 19.1 Å². The van der Waals surface area contributed by atoms with Crippen LogP contribution in [0.3, 0.4) is 0 Å². The van der Waals surface area contributed by atoms with Crippen LogP contribution in [0.1, 0.15) is 48.0 Å². The van der Waals surface area contributed by atoms with Crippen LogP contribution in [0.25, 0.3) is 0 Å². The molecule has 6 nitrogen and oxygen atoms in total. The molecule has 1 amide bonds. The highest BCUT2D eigenvalue weighted by molar-refractivity contribution is 5.86. The predicted octanol–water partition coefficient (Wildman–Crippen LogP) is 3.59. The number of esters is 1. The van der Waals surface area contributed by atoms with Crippen LogP contribution in [0.5, 0.6) is 0 Å². The first kappa shape index (κ1) is 19.2. The van der Waals surface area contributed by atoms with Gasteiger partial charge in [-0.25, -0.2) is 9.79 Å². The van der Waals surface area contributed by atoms with E-state index < -0.39 is 11.7 Å². The van der Waals surface area contributed by atoms with Gasteiger partial charge in [-0.3, -0.25) is 10.1 Å². The van der Waals surface area contributed by atoms with Crippen molar-refractivity contribution in [3.63, 3.8) is 0 Å². The van der Waals surface area contributed by atoms with Crippen molar-refractivity contribution in [2.75, 3.05) is 6.61 Å². The molecule has 1 fully saturated rings. The Labute approximate surface area is 149 Å². The van der Waals surface area contributed by atoms with Crippen LogP contribution in [0.2, 0.25) is 0 Å². The first-order chi connectivity index (χ1) is 11.5. The van der Waals surface area contributed by atoms with Gasteiger partial charge in [0, 0.05) is 11.6 Å². The van der Waals surface area contributed by atoms with Crippen LogP contribution in [0.15, 0.2) is 28.5 Å². The Morgan fingerprint density at radius 1 is 1.32 bits per heavy atom. The Balaban J connectivity index is 2.06. The number of hydrogen-bond donors (Lipinski definition) is 1. The molecule has 2 rings (SSSR count). The number of nitrogens with one attached hydrogen (secondary N) is 1. The van der Waals surface area contributed by atoms with Gasteiger partial charge < -0.3 is 9.47 Å². The van der Waals surface area contributed by atoms with Crippen molar-refractivity contribution >= 4 is 18.3 Å². The molecule has 1 aliphatic heterocycles. The Kier molecular flexibility index (Phi) is 5.40. The molecule has 6 heteroatoms. The van der Waals surface area contributed by atoms with E-state index in [-0.39, 0.29) is 23.2 Å². The molecular weight excluding hydrogens is 320 g/mol. The lowest BCUT2D eigenvalue weighted by molar-refractivity contribution is -0.144. The summed E-state index contributed by atoms with van der Waals surface area (Å²) < 4.78 is 10.4. The van der Waals surface area contributed by atoms with Gasteiger partial charge in [-0.05, 0) is 51.7 Å². The average molecular weight is 348 g/mol. The second kappa shape index (κ2) is 7.02. The summed E-state index contributed by atoms with van der Waals surface area (Å²) in [4.78, 5) is 28.2. The van der Waals surface area contributed by atoms with Crippen LogP contribution in [0, 0.1) is 17.3 Å². The maximum atomic E-state index is 12.0. The Hall–Kier alpha value is -2.11. The Morgan fingerprint density at radius 2 is 2.00 bits per heavy atom. The van der Waals surface area contributed by atoms with E-state index in [0.717, 1.165) is 12.0 Å². The maximum absolute atomic E-state index is 12.0. The second-order valence-corrected chi connectivity index (χ2v) is 8.08. The number of aliphatic imine (C=N–C) groups is 1. The predicted molar refractivity (Wildman–Crippen MR) is 96.0 cm³/mol. The number of alkyl carbamates (subject to hydrolysis) is 1. The molecule has 1 N–H and O–H groups in total. The molecule has 1 heterocycles. The summed E-state index contributed by atoms with van der Waals surface area (Å²) in [6.45, 7) is 11.7. The van der Waals surface area contributed by atoms with Crippen LogP contribution >= 0.6 is 0 Å². The molecule has 2 aliphatic rings. The number of hydrogen-bond acceptors (Lipinski definition) is 5. The number of nitrogens with zero attached hydrogens (tertiary/aromatic N) is 1. The molecule has 2 atom stereocenters. The summed E-state index contributed by atoms with van der Waals surface area (Å²) in [5.74, 6) is 0.341. The lowest BCUT2D eigenvalue weighted by Gasteiger charge is -2.20. The molecule has 1 saturated carbocycles. The number of carbonyl (C=O) groups excluding carboxylic acids is 2. The van der Waals surface area contributed by atoms with Gasteiger partial charge in [-0.1, -0.05) is 19.9 Å². The minimum absolute atomic E-state index is 0.0891. The van der Waals surface area contributed by atoms with Crippen molar-refractivity contribution in [1.82, 2.24) is 5.32 Å². The highest BCUT2D eigenvalue weighted by Crippen LogP contribution is 2.46. The van der Waals surface area contributed by atoms with E-state index in [4.69, 9.17) is 9.47 Å². The second-order valence-electron chi connectivity index (χ2n) is 8.08. The molecule has 0 aromatic heterocycles. The molecule has 0 bridgehead atoms. The largest absolute Gasteiger partial charge is 0.466 e. The van der Waals surface area contributed by atoms with E-state index in [2.05, 4.69) is 16.4 Å². The van der Waals surface area contributed by atoms with Gasteiger partial charge in [0.05, 0.1) is 12.5 Å². The fraction of sp³-hybridized carbons (Fsp3) is 0.632. The van der Waals surface area contributed by atoms with Gasteiger partial charge in [0.2, 0.25) is 0 Å². The number of allylic oxidation sites excluding steroid dienone is 3. The molecule has 1 aliphatic carbocycles. The third-order valence-electron chi connectivity index (χ3n) is 3.84.